The fraction of sp³-hybridized carbons (Fsp3) is 0.350. The predicted octanol–water partition coefficient (Wildman–Crippen LogP) is 3.25. The third-order valence-corrected chi connectivity index (χ3v) is 3.89. The summed E-state index contributed by atoms with van der Waals surface area (Å²) in [5, 5.41) is 8.87. The molecule has 6 nitrogen and oxygen atoms in total. The van der Waals surface area contributed by atoms with Crippen LogP contribution in [0.5, 0.6) is 0 Å². The number of aliphatic imine (C=N–C) groups is 1. The Morgan fingerprint density at radius 2 is 1.73 bits per heavy atom. The van der Waals surface area contributed by atoms with Crippen molar-refractivity contribution in [2.45, 2.75) is 19.5 Å². The van der Waals surface area contributed by atoms with Gasteiger partial charge in [0.15, 0.2) is 5.96 Å². The van der Waals surface area contributed by atoms with E-state index in [4.69, 9.17) is 0 Å². The lowest BCUT2D eigenvalue weighted by atomic mass is 10.1. The molecule has 0 saturated heterocycles. The molecular formula is C20H25F3IN5O. The molecule has 0 spiro atoms. The molecule has 164 valence electrons. The van der Waals surface area contributed by atoms with Crippen molar-refractivity contribution in [2.75, 3.05) is 26.2 Å². The first-order chi connectivity index (χ1) is 13.9. The molecule has 1 aromatic heterocycles. The average Bonchev–Trinajstić information content (AvgIpc) is 2.71. The zero-order chi connectivity index (χ0) is 21.1. The Kier molecular flexibility index (Phi) is 11.2. The second-order valence-corrected chi connectivity index (χ2v) is 6.09. The molecule has 0 saturated carbocycles. The SMILES string of the molecule is CCNC(=NCCc1ccccn1)NCCNC(=O)c1ccc(C(F)(F)F)cc1.I. The van der Waals surface area contributed by atoms with E-state index in [9.17, 15) is 18.0 Å². The number of aromatic nitrogens is 1. The van der Waals surface area contributed by atoms with Crippen LogP contribution in [0.2, 0.25) is 0 Å². The summed E-state index contributed by atoms with van der Waals surface area (Å²) in [6.45, 7) is 3.91. The molecule has 0 fully saturated rings. The van der Waals surface area contributed by atoms with Crippen molar-refractivity contribution < 1.29 is 18.0 Å². The monoisotopic (exact) mass is 535 g/mol. The maximum Gasteiger partial charge on any atom is 0.416 e. The van der Waals surface area contributed by atoms with E-state index in [0.717, 1.165) is 30.0 Å². The number of carbonyl (C=O) groups is 1. The molecule has 0 aliphatic rings. The average molecular weight is 535 g/mol. The van der Waals surface area contributed by atoms with E-state index in [-0.39, 0.29) is 29.5 Å². The minimum absolute atomic E-state index is 0. The van der Waals surface area contributed by atoms with Crippen LogP contribution < -0.4 is 16.0 Å². The number of rotatable bonds is 8. The second kappa shape index (κ2) is 13.0. The normalized spacial score (nSPS) is 11.4. The number of carbonyl (C=O) groups excluding carboxylic acids is 1. The van der Waals surface area contributed by atoms with Gasteiger partial charge in [-0.3, -0.25) is 14.8 Å². The highest BCUT2D eigenvalue weighted by molar-refractivity contribution is 14.0. The zero-order valence-electron chi connectivity index (χ0n) is 16.5. The highest BCUT2D eigenvalue weighted by atomic mass is 127. The van der Waals surface area contributed by atoms with E-state index < -0.39 is 17.6 Å². The van der Waals surface area contributed by atoms with Crippen LogP contribution in [0.1, 0.15) is 28.5 Å². The van der Waals surface area contributed by atoms with Crippen molar-refractivity contribution in [3.63, 3.8) is 0 Å². The van der Waals surface area contributed by atoms with Crippen LogP contribution in [0.3, 0.4) is 0 Å². The van der Waals surface area contributed by atoms with Crippen LogP contribution in [0, 0.1) is 0 Å². The lowest BCUT2D eigenvalue weighted by molar-refractivity contribution is -0.137. The fourth-order valence-corrected chi connectivity index (χ4v) is 2.44. The third-order valence-electron chi connectivity index (χ3n) is 3.89. The van der Waals surface area contributed by atoms with Gasteiger partial charge in [-0.05, 0) is 43.3 Å². The van der Waals surface area contributed by atoms with E-state index in [1.54, 1.807) is 6.20 Å². The second-order valence-electron chi connectivity index (χ2n) is 6.09. The van der Waals surface area contributed by atoms with Gasteiger partial charge >= 0.3 is 6.18 Å². The Hall–Kier alpha value is -2.37. The standard InChI is InChI=1S/C20H24F3N5O.HI/c1-2-24-19(27-12-10-17-5-3-4-11-25-17)28-14-13-26-18(29)15-6-8-16(9-7-15)20(21,22)23;/h3-9,11H,2,10,12-14H2,1H3,(H,26,29)(H2,24,27,28);1H. The van der Waals surface area contributed by atoms with Gasteiger partial charge in [-0.15, -0.1) is 24.0 Å². The van der Waals surface area contributed by atoms with Crippen molar-refractivity contribution in [1.29, 1.82) is 0 Å². The van der Waals surface area contributed by atoms with Crippen LogP contribution in [0.15, 0.2) is 53.7 Å². The Morgan fingerprint density at radius 3 is 2.33 bits per heavy atom. The Balaban J connectivity index is 0.00000450. The molecule has 2 rings (SSSR count). The molecule has 1 aromatic carbocycles. The number of nitrogens with one attached hydrogen (secondary N) is 3. The summed E-state index contributed by atoms with van der Waals surface area (Å²) >= 11 is 0. The third kappa shape index (κ3) is 8.97. The maximum absolute atomic E-state index is 12.6. The molecule has 10 heteroatoms. The van der Waals surface area contributed by atoms with Gasteiger partial charge in [0.25, 0.3) is 5.91 Å². The number of hydrogen-bond donors (Lipinski definition) is 3. The van der Waals surface area contributed by atoms with E-state index in [2.05, 4.69) is 25.9 Å². The van der Waals surface area contributed by atoms with E-state index in [1.807, 2.05) is 25.1 Å². The first kappa shape index (κ1) is 25.7. The minimum Gasteiger partial charge on any atom is -0.357 e. The van der Waals surface area contributed by atoms with Gasteiger partial charge in [0.05, 0.1) is 5.56 Å². The largest absolute Gasteiger partial charge is 0.416 e. The Bertz CT molecular complexity index is 798. The Morgan fingerprint density at radius 1 is 1.03 bits per heavy atom. The molecule has 2 aromatic rings. The number of pyridine rings is 1. The lowest BCUT2D eigenvalue weighted by Crippen LogP contribution is -2.41. The molecule has 30 heavy (non-hydrogen) atoms. The Labute approximate surface area is 190 Å². The number of nitrogens with zero attached hydrogens (tertiary/aromatic N) is 2. The fourth-order valence-electron chi connectivity index (χ4n) is 2.44. The highest BCUT2D eigenvalue weighted by Gasteiger charge is 2.30. The summed E-state index contributed by atoms with van der Waals surface area (Å²) in [7, 11) is 0. The summed E-state index contributed by atoms with van der Waals surface area (Å²) in [6, 6.07) is 9.83. The van der Waals surface area contributed by atoms with Crippen LogP contribution in [-0.4, -0.2) is 43.0 Å². The number of hydrogen-bond acceptors (Lipinski definition) is 3. The van der Waals surface area contributed by atoms with Gasteiger partial charge in [0, 0.05) is 50.1 Å². The topological polar surface area (TPSA) is 78.4 Å². The quantitative estimate of drug-likeness (QED) is 0.210. The van der Waals surface area contributed by atoms with Crippen molar-refractivity contribution in [3.05, 3.63) is 65.5 Å². The minimum atomic E-state index is -4.42. The summed E-state index contributed by atoms with van der Waals surface area (Å²) < 4.78 is 37.7. The van der Waals surface area contributed by atoms with Gasteiger partial charge in [-0.2, -0.15) is 13.2 Å². The van der Waals surface area contributed by atoms with Crippen molar-refractivity contribution >= 4 is 35.8 Å². The molecule has 0 unspecified atom stereocenters. The van der Waals surface area contributed by atoms with Crippen molar-refractivity contribution in [2.24, 2.45) is 4.99 Å². The van der Waals surface area contributed by atoms with Crippen LogP contribution in [0.25, 0.3) is 0 Å². The number of benzene rings is 1. The molecule has 1 heterocycles. The van der Waals surface area contributed by atoms with Crippen LogP contribution >= 0.6 is 24.0 Å². The van der Waals surface area contributed by atoms with Crippen LogP contribution in [0.4, 0.5) is 13.2 Å². The molecule has 0 atom stereocenters. The van der Waals surface area contributed by atoms with Gasteiger partial charge in [-0.1, -0.05) is 6.07 Å². The highest BCUT2D eigenvalue weighted by Crippen LogP contribution is 2.28. The molecule has 0 bridgehead atoms. The molecule has 0 radical (unpaired) electrons. The van der Waals surface area contributed by atoms with Gasteiger partial charge in [0.1, 0.15) is 0 Å². The van der Waals surface area contributed by atoms with Gasteiger partial charge in [-0.25, -0.2) is 0 Å². The van der Waals surface area contributed by atoms with E-state index in [0.29, 0.717) is 38.6 Å². The predicted molar refractivity (Wildman–Crippen MR) is 121 cm³/mol. The van der Waals surface area contributed by atoms with E-state index >= 15 is 0 Å². The molecule has 1 amide bonds. The van der Waals surface area contributed by atoms with Crippen molar-refractivity contribution in [3.8, 4) is 0 Å². The summed E-state index contributed by atoms with van der Waals surface area (Å²) in [5.41, 5.74) is 0.345. The molecule has 0 aliphatic heterocycles. The van der Waals surface area contributed by atoms with Gasteiger partial charge in [0.2, 0.25) is 0 Å². The van der Waals surface area contributed by atoms with Gasteiger partial charge < -0.3 is 16.0 Å². The van der Waals surface area contributed by atoms with Crippen LogP contribution in [-0.2, 0) is 12.6 Å². The zero-order valence-corrected chi connectivity index (χ0v) is 18.8. The van der Waals surface area contributed by atoms with Crippen molar-refractivity contribution in [1.82, 2.24) is 20.9 Å². The summed E-state index contributed by atoms with van der Waals surface area (Å²) in [5.74, 6) is 0.185. The smallest absolute Gasteiger partial charge is 0.357 e. The molecular weight excluding hydrogens is 510 g/mol. The number of guanidine groups is 1. The first-order valence-corrected chi connectivity index (χ1v) is 9.27. The number of alkyl halides is 3. The number of amides is 1. The number of halogens is 4. The molecule has 3 N–H and O–H groups in total. The molecule has 0 aliphatic carbocycles. The summed E-state index contributed by atoms with van der Waals surface area (Å²) in [6.07, 6.45) is -1.97. The maximum atomic E-state index is 12.6. The van der Waals surface area contributed by atoms with E-state index in [1.165, 1.54) is 0 Å². The lowest BCUT2D eigenvalue weighted by Gasteiger charge is -2.12. The first-order valence-electron chi connectivity index (χ1n) is 9.27. The summed E-state index contributed by atoms with van der Waals surface area (Å²) in [4.78, 5) is 20.7.